The quantitative estimate of drug-likeness (QED) is 0.775. The van der Waals surface area contributed by atoms with Gasteiger partial charge in [-0.25, -0.2) is 19.9 Å². The third-order valence-corrected chi connectivity index (χ3v) is 4.38. The van der Waals surface area contributed by atoms with E-state index < -0.39 is 0 Å². The maximum atomic E-state index is 5.93. The van der Waals surface area contributed by atoms with E-state index in [0.29, 0.717) is 30.8 Å². The molecule has 0 aliphatic heterocycles. The zero-order chi connectivity index (χ0) is 17.8. The monoisotopic (exact) mass is 343 g/mol. The van der Waals surface area contributed by atoms with Gasteiger partial charge in [0, 0.05) is 69.4 Å². The van der Waals surface area contributed by atoms with Gasteiger partial charge in [0.25, 0.3) is 0 Å². The van der Waals surface area contributed by atoms with Crippen molar-refractivity contribution >= 4 is 11.8 Å². The van der Waals surface area contributed by atoms with Gasteiger partial charge >= 0.3 is 0 Å². The molecule has 0 atom stereocenters. The SMILES string of the molecule is CNc1ncc(CN(C)c2cc(C3CC(N)C3)nc(COC)n2)cn1. The Balaban J connectivity index is 1.78. The molecule has 1 saturated carbocycles. The van der Waals surface area contributed by atoms with E-state index in [4.69, 9.17) is 10.5 Å². The second kappa shape index (κ2) is 7.71. The van der Waals surface area contributed by atoms with Crippen LogP contribution in [0.2, 0.25) is 0 Å². The summed E-state index contributed by atoms with van der Waals surface area (Å²) in [6.07, 6.45) is 5.59. The number of ether oxygens (including phenoxy) is 1. The molecule has 1 aliphatic rings. The van der Waals surface area contributed by atoms with Gasteiger partial charge in [0.15, 0.2) is 5.82 Å². The van der Waals surface area contributed by atoms with Crippen LogP contribution >= 0.6 is 0 Å². The predicted octanol–water partition coefficient (Wildman–Crippen LogP) is 1.30. The Morgan fingerprint density at radius 2 is 2.00 bits per heavy atom. The van der Waals surface area contributed by atoms with Crippen molar-refractivity contribution in [2.24, 2.45) is 5.73 Å². The highest BCUT2D eigenvalue weighted by Crippen LogP contribution is 2.35. The van der Waals surface area contributed by atoms with Gasteiger partial charge in [0.05, 0.1) is 0 Å². The minimum absolute atomic E-state index is 0.287. The van der Waals surface area contributed by atoms with Gasteiger partial charge < -0.3 is 20.7 Å². The van der Waals surface area contributed by atoms with Gasteiger partial charge in [-0.1, -0.05) is 0 Å². The van der Waals surface area contributed by atoms with Gasteiger partial charge in [-0.2, -0.15) is 0 Å². The molecule has 0 bridgehead atoms. The number of nitrogens with zero attached hydrogens (tertiary/aromatic N) is 5. The van der Waals surface area contributed by atoms with Gasteiger partial charge in [-0.05, 0) is 12.8 Å². The zero-order valence-corrected chi connectivity index (χ0v) is 14.9. The molecule has 3 rings (SSSR count). The minimum atomic E-state index is 0.287. The third-order valence-electron chi connectivity index (χ3n) is 4.38. The van der Waals surface area contributed by atoms with Gasteiger partial charge in [-0.3, -0.25) is 0 Å². The van der Waals surface area contributed by atoms with Crippen molar-refractivity contribution in [2.75, 3.05) is 31.4 Å². The van der Waals surface area contributed by atoms with Crippen molar-refractivity contribution in [1.29, 1.82) is 0 Å². The summed E-state index contributed by atoms with van der Waals surface area (Å²) >= 11 is 0. The summed E-state index contributed by atoms with van der Waals surface area (Å²) in [5.41, 5.74) is 7.99. The largest absolute Gasteiger partial charge is 0.377 e. The summed E-state index contributed by atoms with van der Waals surface area (Å²) in [7, 11) is 5.45. The highest BCUT2D eigenvalue weighted by atomic mass is 16.5. The molecule has 0 spiro atoms. The molecule has 0 saturated heterocycles. The van der Waals surface area contributed by atoms with E-state index in [1.165, 1.54) is 0 Å². The van der Waals surface area contributed by atoms with E-state index in [1.807, 2.05) is 19.4 Å². The summed E-state index contributed by atoms with van der Waals surface area (Å²) in [4.78, 5) is 19.8. The van der Waals surface area contributed by atoms with Crippen LogP contribution in [-0.4, -0.2) is 47.2 Å². The molecule has 0 amide bonds. The summed E-state index contributed by atoms with van der Waals surface area (Å²) in [6.45, 7) is 1.06. The van der Waals surface area contributed by atoms with Crippen LogP contribution in [-0.2, 0) is 17.9 Å². The number of anilines is 2. The fourth-order valence-corrected chi connectivity index (χ4v) is 2.93. The van der Waals surface area contributed by atoms with Crippen LogP contribution in [0.4, 0.5) is 11.8 Å². The van der Waals surface area contributed by atoms with E-state index in [-0.39, 0.29) is 6.04 Å². The molecule has 2 aromatic heterocycles. The number of rotatable bonds is 7. The van der Waals surface area contributed by atoms with E-state index in [0.717, 1.165) is 29.9 Å². The Kier molecular flexibility index (Phi) is 5.40. The fraction of sp³-hybridized carbons (Fsp3) is 0.529. The number of nitrogens with two attached hydrogens (primary N) is 1. The van der Waals surface area contributed by atoms with Crippen molar-refractivity contribution in [3.63, 3.8) is 0 Å². The van der Waals surface area contributed by atoms with Crippen molar-refractivity contribution in [2.45, 2.75) is 38.0 Å². The standard InChI is InChI=1S/C17H25N7O/c1-19-17-20-7-11(8-21-17)9-24(2)16-6-14(12-4-13(18)5-12)22-15(23-16)10-25-3/h6-8,12-13H,4-5,9-10,18H2,1-3H3,(H,19,20,21). The van der Waals surface area contributed by atoms with Crippen LogP contribution in [0.15, 0.2) is 18.5 Å². The van der Waals surface area contributed by atoms with E-state index in [1.54, 1.807) is 14.2 Å². The lowest BCUT2D eigenvalue weighted by atomic mass is 9.78. The second-order valence-corrected chi connectivity index (χ2v) is 6.45. The molecule has 2 heterocycles. The molecule has 8 nitrogen and oxygen atoms in total. The van der Waals surface area contributed by atoms with E-state index in [2.05, 4.69) is 36.2 Å². The lowest BCUT2D eigenvalue weighted by Gasteiger charge is -2.32. The maximum Gasteiger partial charge on any atom is 0.222 e. The van der Waals surface area contributed by atoms with Crippen LogP contribution in [0.1, 0.15) is 35.8 Å². The summed E-state index contributed by atoms with van der Waals surface area (Å²) in [6, 6.07) is 2.34. The smallest absolute Gasteiger partial charge is 0.222 e. The van der Waals surface area contributed by atoms with Crippen LogP contribution in [0.3, 0.4) is 0 Å². The number of methoxy groups -OCH3 is 1. The molecule has 0 aromatic carbocycles. The molecular formula is C17H25N7O. The topological polar surface area (TPSA) is 102 Å². The summed E-state index contributed by atoms with van der Waals surface area (Å²) in [5.74, 6) is 2.60. The maximum absolute atomic E-state index is 5.93. The Morgan fingerprint density at radius 3 is 2.60 bits per heavy atom. The third kappa shape index (κ3) is 4.21. The van der Waals surface area contributed by atoms with Crippen LogP contribution in [0, 0.1) is 0 Å². The Morgan fingerprint density at radius 1 is 1.28 bits per heavy atom. The Hall–Kier alpha value is -2.32. The second-order valence-electron chi connectivity index (χ2n) is 6.45. The van der Waals surface area contributed by atoms with Crippen molar-refractivity contribution < 1.29 is 4.74 Å². The highest BCUT2D eigenvalue weighted by Gasteiger charge is 2.29. The van der Waals surface area contributed by atoms with Crippen LogP contribution in [0.25, 0.3) is 0 Å². The molecule has 0 unspecified atom stereocenters. The molecular weight excluding hydrogens is 318 g/mol. The molecule has 25 heavy (non-hydrogen) atoms. The average molecular weight is 343 g/mol. The van der Waals surface area contributed by atoms with Crippen molar-refractivity contribution in [1.82, 2.24) is 19.9 Å². The molecule has 134 valence electrons. The normalized spacial score (nSPS) is 19.4. The van der Waals surface area contributed by atoms with E-state index >= 15 is 0 Å². The molecule has 0 radical (unpaired) electrons. The van der Waals surface area contributed by atoms with Crippen molar-refractivity contribution in [3.8, 4) is 0 Å². The molecule has 8 heteroatoms. The summed E-state index contributed by atoms with van der Waals surface area (Å²) in [5, 5.41) is 2.92. The van der Waals surface area contributed by atoms with Crippen LogP contribution < -0.4 is 16.0 Å². The first-order valence-electron chi connectivity index (χ1n) is 8.41. The first-order chi connectivity index (χ1) is 12.1. The van der Waals surface area contributed by atoms with Gasteiger partial charge in [-0.15, -0.1) is 0 Å². The molecule has 3 N–H and O–H groups in total. The highest BCUT2D eigenvalue weighted by molar-refractivity contribution is 5.41. The van der Waals surface area contributed by atoms with Crippen LogP contribution in [0.5, 0.6) is 0 Å². The van der Waals surface area contributed by atoms with Gasteiger partial charge in [0.1, 0.15) is 12.4 Å². The predicted molar refractivity (Wildman–Crippen MR) is 96.4 cm³/mol. The number of nitrogens with one attached hydrogen (secondary N) is 1. The zero-order valence-electron chi connectivity index (χ0n) is 14.9. The van der Waals surface area contributed by atoms with Gasteiger partial charge in [0.2, 0.25) is 5.95 Å². The first kappa shape index (κ1) is 17.5. The first-order valence-corrected chi connectivity index (χ1v) is 8.41. The Bertz CT molecular complexity index is 701. The molecule has 2 aromatic rings. The van der Waals surface area contributed by atoms with Crippen molar-refractivity contribution in [3.05, 3.63) is 35.5 Å². The number of hydrogen-bond donors (Lipinski definition) is 2. The lowest BCUT2D eigenvalue weighted by Crippen LogP contribution is -2.35. The summed E-state index contributed by atoms with van der Waals surface area (Å²) < 4.78 is 5.22. The van der Waals surface area contributed by atoms with E-state index in [9.17, 15) is 0 Å². The minimum Gasteiger partial charge on any atom is -0.377 e. The fourth-order valence-electron chi connectivity index (χ4n) is 2.93. The lowest BCUT2D eigenvalue weighted by molar-refractivity contribution is 0.177. The number of aromatic nitrogens is 4. The molecule has 1 aliphatic carbocycles. The Labute approximate surface area is 147 Å². The number of hydrogen-bond acceptors (Lipinski definition) is 8. The average Bonchev–Trinajstić information content (AvgIpc) is 2.59. The molecule has 1 fully saturated rings.